The summed E-state index contributed by atoms with van der Waals surface area (Å²) in [5.74, 6) is 0.881. The molecule has 540 valence electrons. The van der Waals surface area contributed by atoms with Crippen LogP contribution in [0.1, 0.15) is 357 Å². The number of aliphatic hydroxyl groups excluding tert-OH is 1. The topological polar surface area (TPSA) is 237 Å². The zero-order valence-electron chi connectivity index (χ0n) is 59.5. The van der Waals surface area contributed by atoms with E-state index >= 15 is 0 Å². The van der Waals surface area contributed by atoms with Crippen LogP contribution >= 0.6 is 15.6 Å². The summed E-state index contributed by atoms with van der Waals surface area (Å²) in [4.78, 5) is 72.6. The largest absolute Gasteiger partial charge is 0.472 e. The minimum absolute atomic E-state index is 0.102. The van der Waals surface area contributed by atoms with Crippen molar-refractivity contribution in [3.05, 3.63) is 0 Å². The van der Waals surface area contributed by atoms with E-state index in [4.69, 9.17) is 37.0 Å². The Morgan fingerprint density at radius 2 is 0.527 bits per heavy atom. The SMILES string of the molecule is CCC(C)CCCCCCCCCCC(=O)OC[C@H](COP(=O)(O)OCC(O)COP(=O)(O)OC[C@@H](COC(=O)CCCCCCCCCC(C)C)OC(=O)CCCCCCCCCCCCCCCCCCC(C)C)OC(=O)CCCCCCCCC(C)CC. The molecule has 0 heterocycles. The lowest BCUT2D eigenvalue weighted by atomic mass is 9.99. The smallest absolute Gasteiger partial charge is 0.462 e. The van der Waals surface area contributed by atoms with Gasteiger partial charge in [-0.2, -0.15) is 0 Å². The summed E-state index contributed by atoms with van der Waals surface area (Å²) in [7, 11) is -9.90. The van der Waals surface area contributed by atoms with Crippen LogP contribution in [0.5, 0.6) is 0 Å². The van der Waals surface area contributed by atoms with Crippen LogP contribution in [0.4, 0.5) is 0 Å². The Bertz CT molecular complexity index is 1800. The van der Waals surface area contributed by atoms with Crippen molar-refractivity contribution in [1.29, 1.82) is 0 Å². The number of ether oxygens (including phenoxy) is 4. The number of esters is 4. The molecule has 0 saturated carbocycles. The van der Waals surface area contributed by atoms with E-state index in [1.807, 2.05) is 0 Å². The van der Waals surface area contributed by atoms with E-state index in [9.17, 15) is 43.2 Å². The fourth-order valence-corrected chi connectivity index (χ4v) is 12.4. The normalized spacial score (nSPS) is 14.8. The molecule has 0 aliphatic carbocycles. The molecule has 3 N–H and O–H groups in total. The molecule has 0 aromatic carbocycles. The predicted octanol–water partition coefficient (Wildman–Crippen LogP) is 20.5. The number of aliphatic hydroxyl groups is 1. The van der Waals surface area contributed by atoms with Crippen molar-refractivity contribution in [1.82, 2.24) is 0 Å². The van der Waals surface area contributed by atoms with E-state index in [-0.39, 0.29) is 25.7 Å². The molecular formula is C72H140O17P2. The molecular weight excluding hydrogens is 1200 g/mol. The fourth-order valence-electron chi connectivity index (χ4n) is 10.8. The molecule has 0 bridgehead atoms. The third kappa shape index (κ3) is 63.9. The van der Waals surface area contributed by atoms with Gasteiger partial charge in [0.15, 0.2) is 12.2 Å². The summed E-state index contributed by atoms with van der Waals surface area (Å²) < 4.78 is 68.3. The number of hydrogen-bond acceptors (Lipinski definition) is 15. The van der Waals surface area contributed by atoms with Gasteiger partial charge in [0.25, 0.3) is 0 Å². The molecule has 0 rings (SSSR count). The van der Waals surface area contributed by atoms with Gasteiger partial charge in [-0.1, -0.05) is 306 Å². The minimum atomic E-state index is -4.95. The fraction of sp³-hybridized carbons (Fsp3) is 0.944. The van der Waals surface area contributed by atoms with Crippen LogP contribution < -0.4 is 0 Å². The van der Waals surface area contributed by atoms with Gasteiger partial charge in [0.2, 0.25) is 0 Å². The number of carbonyl (C=O) groups is 4. The lowest BCUT2D eigenvalue weighted by Gasteiger charge is -2.21. The van der Waals surface area contributed by atoms with Crippen LogP contribution in [0.25, 0.3) is 0 Å². The van der Waals surface area contributed by atoms with Gasteiger partial charge < -0.3 is 33.8 Å². The highest BCUT2D eigenvalue weighted by Gasteiger charge is 2.30. The first-order valence-corrected chi connectivity index (χ1v) is 40.3. The number of unbranched alkanes of at least 4 members (excludes halogenated alkanes) is 33. The Morgan fingerprint density at radius 1 is 0.308 bits per heavy atom. The van der Waals surface area contributed by atoms with E-state index in [1.54, 1.807) is 0 Å². The second kappa shape index (κ2) is 61.6. The molecule has 0 fully saturated rings. The first kappa shape index (κ1) is 89.1. The number of rotatable bonds is 69. The highest BCUT2D eigenvalue weighted by atomic mass is 31.2. The van der Waals surface area contributed by atoms with Gasteiger partial charge in [0.05, 0.1) is 26.4 Å². The predicted molar refractivity (Wildman–Crippen MR) is 367 cm³/mol. The lowest BCUT2D eigenvalue weighted by molar-refractivity contribution is -0.161. The van der Waals surface area contributed by atoms with Crippen molar-refractivity contribution in [2.75, 3.05) is 39.6 Å². The molecule has 0 aromatic rings. The van der Waals surface area contributed by atoms with Crippen molar-refractivity contribution in [3.8, 4) is 0 Å². The van der Waals surface area contributed by atoms with E-state index in [2.05, 4.69) is 55.4 Å². The second-order valence-corrected chi connectivity index (χ2v) is 30.3. The van der Waals surface area contributed by atoms with Crippen molar-refractivity contribution < 1.29 is 80.2 Å². The van der Waals surface area contributed by atoms with Gasteiger partial charge in [-0.3, -0.25) is 37.3 Å². The molecule has 5 unspecified atom stereocenters. The summed E-state index contributed by atoms with van der Waals surface area (Å²) in [6, 6.07) is 0. The van der Waals surface area contributed by atoms with Gasteiger partial charge in [-0.05, 0) is 49.4 Å². The van der Waals surface area contributed by atoms with Crippen molar-refractivity contribution >= 4 is 39.5 Å². The second-order valence-electron chi connectivity index (χ2n) is 27.4. The van der Waals surface area contributed by atoms with Crippen LogP contribution in [-0.2, 0) is 65.4 Å². The Kier molecular flexibility index (Phi) is 60.3. The maximum absolute atomic E-state index is 13.0. The third-order valence-electron chi connectivity index (χ3n) is 17.3. The van der Waals surface area contributed by atoms with Crippen LogP contribution in [0.15, 0.2) is 0 Å². The molecule has 0 aliphatic rings. The van der Waals surface area contributed by atoms with Gasteiger partial charge >= 0.3 is 39.5 Å². The Morgan fingerprint density at radius 3 is 0.780 bits per heavy atom. The molecule has 91 heavy (non-hydrogen) atoms. The maximum atomic E-state index is 13.0. The molecule has 0 saturated heterocycles. The number of phosphoric ester groups is 2. The highest BCUT2D eigenvalue weighted by Crippen LogP contribution is 2.45. The molecule has 0 radical (unpaired) electrons. The molecule has 0 amide bonds. The van der Waals surface area contributed by atoms with Crippen LogP contribution in [0, 0.1) is 23.7 Å². The number of hydrogen-bond donors (Lipinski definition) is 3. The van der Waals surface area contributed by atoms with Crippen molar-refractivity contribution in [2.24, 2.45) is 23.7 Å². The molecule has 0 aromatic heterocycles. The van der Waals surface area contributed by atoms with Gasteiger partial charge in [0, 0.05) is 25.7 Å². The number of carbonyl (C=O) groups excluding carboxylic acids is 4. The quantitative estimate of drug-likeness (QED) is 0.0222. The monoisotopic (exact) mass is 1340 g/mol. The molecule has 0 spiro atoms. The van der Waals surface area contributed by atoms with Crippen LogP contribution in [0.2, 0.25) is 0 Å². The van der Waals surface area contributed by atoms with Gasteiger partial charge in [0.1, 0.15) is 19.3 Å². The van der Waals surface area contributed by atoms with Crippen molar-refractivity contribution in [2.45, 2.75) is 375 Å². The average molecular weight is 1340 g/mol. The third-order valence-corrected chi connectivity index (χ3v) is 19.2. The Balaban J connectivity index is 5.21. The van der Waals surface area contributed by atoms with E-state index < -0.39 is 97.5 Å². The Hall–Kier alpha value is -1.94. The summed E-state index contributed by atoms with van der Waals surface area (Å²) in [6.45, 7) is 14.1. The standard InChI is InChI=1S/C72H140O17P2/c1-9-64(7)50-42-34-26-21-22-27-36-44-52-69(74)82-59-68(89-72(77)55-47-39-31-30-35-43-51-65(8)10-2)61-87-91(80,81)85-57-66(73)56-84-90(78,79)86-60-67(58-83-70(75)53-45-37-29-23-25-33-41-49-63(5)6)88-71(76)54-46-38-28-20-18-16-14-12-11-13-15-17-19-24-32-40-48-62(3)4/h62-68,73H,9-61H2,1-8H3,(H,78,79)(H,80,81)/t64?,65?,66?,67-,68-/m1/s1. The van der Waals surface area contributed by atoms with E-state index in [1.165, 1.54) is 154 Å². The summed E-state index contributed by atoms with van der Waals surface area (Å²) in [5, 5.41) is 10.6. The van der Waals surface area contributed by atoms with Gasteiger partial charge in [-0.15, -0.1) is 0 Å². The molecule has 17 nitrogen and oxygen atoms in total. The summed E-state index contributed by atoms with van der Waals surface area (Å²) >= 11 is 0. The molecule has 7 atom stereocenters. The minimum Gasteiger partial charge on any atom is -0.462 e. The zero-order chi connectivity index (χ0) is 67.5. The average Bonchev–Trinajstić information content (AvgIpc) is 3.36. The summed E-state index contributed by atoms with van der Waals surface area (Å²) in [5.41, 5.74) is 0. The lowest BCUT2D eigenvalue weighted by Crippen LogP contribution is -2.30. The zero-order valence-corrected chi connectivity index (χ0v) is 61.3. The van der Waals surface area contributed by atoms with Crippen molar-refractivity contribution in [3.63, 3.8) is 0 Å². The highest BCUT2D eigenvalue weighted by molar-refractivity contribution is 7.47. The molecule has 19 heteroatoms. The molecule has 0 aliphatic heterocycles. The maximum Gasteiger partial charge on any atom is 0.472 e. The summed E-state index contributed by atoms with van der Waals surface area (Å²) in [6.07, 6.45) is 44.6. The first-order chi connectivity index (χ1) is 43.7. The van der Waals surface area contributed by atoms with E-state index in [0.29, 0.717) is 31.6 Å². The van der Waals surface area contributed by atoms with Crippen LogP contribution in [-0.4, -0.2) is 96.7 Å². The van der Waals surface area contributed by atoms with Gasteiger partial charge in [-0.25, -0.2) is 9.13 Å². The number of phosphoric acid groups is 2. The van der Waals surface area contributed by atoms with E-state index in [0.717, 1.165) is 114 Å². The first-order valence-electron chi connectivity index (χ1n) is 37.3. The Labute approximate surface area is 556 Å². The van der Waals surface area contributed by atoms with Crippen LogP contribution in [0.3, 0.4) is 0 Å².